The third-order valence-corrected chi connectivity index (χ3v) is 4.82. The number of nitrogens with zero attached hydrogens (tertiary/aromatic N) is 2. The Balaban J connectivity index is 2.17. The molecule has 3 aromatic rings. The van der Waals surface area contributed by atoms with Crippen molar-refractivity contribution >= 4 is 40.0 Å². The summed E-state index contributed by atoms with van der Waals surface area (Å²) in [6.45, 7) is 1.30. The van der Waals surface area contributed by atoms with Crippen LogP contribution in [-0.4, -0.2) is 15.0 Å². The van der Waals surface area contributed by atoms with Gasteiger partial charge < -0.3 is 15.5 Å². The molecule has 1 aromatic heterocycles. The zero-order chi connectivity index (χ0) is 22.5. The number of para-hydroxylation sites is 1. The van der Waals surface area contributed by atoms with E-state index in [-0.39, 0.29) is 34.2 Å². The van der Waals surface area contributed by atoms with Crippen LogP contribution in [-0.2, 0) is 6.61 Å². The van der Waals surface area contributed by atoms with Gasteiger partial charge in [-0.2, -0.15) is 4.57 Å². The summed E-state index contributed by atoms with van der Waals surface area (Å²) in [6.07, 6.45) is 3.05. The van der Waals surface area contributed by atoms with Crippen LogP contribution in [0.4, 0.5) is 15.8 Å². The van der Waals surface area contributed by atoms with Crippen LogP contribution in [0.3, 0.4) is 0 Å². The molecule has 3 rings (SSSR count). The molecule has 0 aliphatic heterocycles. The zero-order valence-corrected chi connectivity index (χ0v) is 17.2. The number of aromatic nitrogens is 1. The first-order valence-corrected chi connectivity index (χ1v) is 9.56. The van der Waals surface area contributed by atoms with E-state index in [0.717, 1.165) is 0 Å². The van der Waals surface area contributed by atoms with Crippen LogP contribution in [0.2, 0.25) is 0 Å². The molecule has 0 saturated carbocycles. The molecule has 2 N–H and O–H groups in total. The molecule has 0 aliphatic carbocycles. The van der Waals surface area contributed by atoms with Crippen LogP contribution in [0.15, 0.2) is 67.0 Å². The Hall–Kier alpha value is -3.69. The molecule has 158 valence electrons. The van der Waals surface area contributed by atoms with Gasteiger partial charge in [0.15, 0.2) is 17.4 Å². The van der Waals surface area contributed by atoms with E-state index in [0.29, 0.717) is 11.1 Å². The van der Waals surface area contributed by atoms with Gasteiger partial charge in [-0.25, -0.2) is 4.39 Å². The zero-order valence-electron chi connectivity index (χ0n) is 16.4. The van der Waals surface area contributed by atoms with E-state index < -0.39 is 16.5 Å². The molecule has 9 heteroatoms. The van der Waals surface area contributed by atoms with Crippen molar-refractivity contribution in [2.45, 2.75) is 13.5 Å². The average Bonchev–Trinajstić information content (AvgIpc) is 2.75. The van der Waals surface area contributed by atoms with Crippen LogP contribution < -0.4 is 15.0 Å². The van der Waals surface area contributed by atoms with Gasteiger partial charge in [0.05, 0.1) is 17.2 Å². The lowest BCUT2D eigenvalue weighted by Gasteiger charge is -2.17. The lowest BCUT2D eigenvalue weighted by molar-refractivity contribution is -0.578. The number of thiocarbonyl (C=S) groups is 1. The summed E-state index contributed by atoms with van der Waals surface area (Å²) in [5, 5.41) is 36.9. The maximum Gasteiger partial charge on any atom is 0.272 e. The monoisotopic (exact) mass is 439 g/mol. The number of benzene rings is 2. The second kappa shape index (κ2) is 9.41. The van der Waals surface area contributed by atoms with Crippen molar-refractivity contribution in [1.29, 1.82) is 0 Å². The minimum absolute atomic E-state index is 0.0480. The van der Waals surface area contributed by atoms with Gasteiger partial charge in [-0.1, -0.05) is 36.5 Å². The van der Waals surface area contributed by atoms with Crippen LogP contribution >= 0.6 is 12.2 Å². The number of anilines is 1. The van der Waals surface area contributed by atoms with E-state index in [9.17, 15) is 24.7 Å². The number of pyridine rings is 1. The Morgan fingerprint density at radius 2 is 1.97 bits per heavy atom. The molecule has 0 atom stereocenters. The Kier molecular flexibility index (Phi) is 6.68. The van der Waals surface area contributed by atoms with Crippen LogP contribution in [0, 0.1) is 22.9 Å². The third kappa shape index (κ3) is 4.90. The molecule has 2 aromatic carbocycles. The number of nitro benzene ring substituents is 1. The van der Waals surface area contributed by atoms with Crippen molar-refractivity contribution in [1.82, 2.24) is 0 Å². The van der Waals surface area contributed by atoms with Gasteiger partial charge in [-0.15, -0.1) is 0 Å². The first-order chi connectivity index (χ1) is 14.8. The maximum absolute atomic E-state index is 14.1. The maximum atomic E-state index is 14.1. The fourth-order valence-electron chi connectivity index (χ4n) is 2.92. The fourth-order valence-corrected chi connectivity index (χ4v) is 3.23. The van der Waals surface area contributed by atoms with Crippen LogP contribution in [0.5, 0.6) is 0 Å². The molecule has 0 unspecified atom stereocenters. The molecule has 31 heavy (non-hydrogen) atoms. The predicted molar refractivity (Wildman–Crippen MR) is 116 cm³/mol. The van der Waals surface area contributed by atoms with Gasteiger partial charge in [0.25, 0.3) is 5.69 Å². The lowest BCUT2D eigenvalue weighted by Crippen LogP contribution is -2.40. The van der Waals surface area contributed by atoms with Gasteiger partial charge >= 0.3 is 0 Å². The molecule has 0 aliphatic rings. The first kappa shape index (κ1) is 22.0. The smallest absolute Gasteiger partial charge is 0.272 e. The van der Waals surface area contributed by atoms with Crippen molar-refractivity contribution in [3.63, 3.8) is 0 Å². The van der Waals surface area contributed by atoms with Crippen LogP contribution in [0.1, 0.15) is 16.7 Å². The summed E-state index contributed by atoms with van der Waals surface area (Å²) in [7, 11) is 0. The van der Waals surface area contributed by atoms with Crippen LogP contribution in [0.25, 0.3) is 11.5 Å². The second-order valence-corrected chi connectivity index (χ2v) is 7.06. The standard InChI is InChI=1S/C22H18FN3O4S/c1-14-8-9-16(11-19(14)26(29)30)21(28)20(25-10-4-5-15(12-25)13-27)22(31)24-18-7-3-2-6-17(18)23/h2-12,27H,13H2,1H3,(H-,24,28,31). The van der Waals surface area contributed by atoms with Crippen molar-refractivity contribution in [2.24, 2.45) is 0 Å². The quantitative estimate of drug-likeness (QED) is 0.153. The van der Waals surface area contributed by atoms with E-state index in [4.69, 9.17) is 12.2 Å². The number of aliphatic hydroxyl groups excluding tert-OH is 1. The van der Waals surface area contributed by atoms with E-state index >= 15 is 0 Å². The third-order valence-electron chi connectivity index (χ3n) is 4.52. The van der Waals surface area contributed by atoms with Crippen molar-refractivity contribution in [3.05, 3.63) is 99.6 Å². The number of nitro groups is 1. The normalized spacial score (nSPS) is 11.6. The molecule has 0 amide bonds. The molecule has 7 nitrogen and oxygen atoms in total. The number of aryl methyl sites for hydroxylation is 1. The van der Waals surface area contributed by atoms with E-state index in [1.807, 2.05) is 0 Å². The molecule has 1 heterocycles. The average molecular weight is 439 g/mol. The van der Waals surface area contributed by atoms with Crippen molar-refractivity contribution in [3.8, 4) is 0 Å². The molecule has 0 radical (unpaired) electrons. The second-order valence-electron chi connectivity index (χ2n) is 6.65. The fraction of sp³-hybridized carbons (Fsp3) is 0.0909. The summed E-state index contributed by atoms with van der Waals surface area (Å²) < 4.78 is 15.5. The number of nitrogens with one attached hydrogen (secondary N) is 1. The molecule has 0 bridgehead atoms. The number of hydrogen-bond acceptors (Lipinski definition) is 5. The number of halogens is 1. The molecular formula is C22H18FN3O4S. The van der Waals surface area contributed by atoms with Gasteiger partial charge in [0.1, 0.15) is 5.82 Å². The predicted octanol–water partition coefficient (Wildman–Crippen LogP) is 2.95. The molecular weight excluding hydrogens is 421 g/mol. The number of hydrogen-bond donors (Lipinski definition) is 2. The first-order valence-electron chi connectivity index (χ1n) is 9.16. The van der Waals surface area contributed by atoms with Gasteiger partial charge in [0, 0.05) is 23.3 Å². The Morgan fingerprint density at radius 3 is 2.65 bits per heavy atom. The molecule has 0 fully saturated rings. The van der Waals surface area contributed by atoms with E-state index in [2.05, 4.69) is 5.32 Å². The highest BCUT2D eigenvalue weighted by molar-refractivity contribution is 7.81. The minimum atomic E-state index is -0.600. The summed E-state index contributed by atoms with van der Waals surface area (Å²) in [4.78, 5) is 10.7. The van der Waals surface area contributed by atoms with Crippen molar-refractivity contribution in [2.75, 3.05) is 5.32 Å². The largest absolute Gasteiger partial charge is 0.867 e. The van der Waals surface area contributed by atoms with E-state index in [1.165, 1.54) is 47.2 Å². The summed E-state index contributed by atoms with van der Waals surface area (Å²) in [6, 6.07) is 13.2. The molecule has 0 saturated heterocycles. The summed E-state index contributed by atoms with van der Waals surface area (Å²) in [5.74, 6) is -1.16. The number of rotatable bonds is 6. The van der Waals surface area contributed by atoms with Gasteiger partial charge in [0.2, 0.25) is 5.70 Å². The lowest BCUT2D eigenvalue weighted by atomic mass is 10.1. The summed E-state index contributed by atoms with van der Waals surface area (Å²) in [5.41, 5.74) is 0.791. The summed E-state index contributed by atoms with van der Waals surface area (Å²) >= 11 is 5.41. The highest BCUT2D eigenvalue weighted by Crippen LogP contribution is 2.24. The van der Waals surface area contributed by atoms with Crippen molar-refractivity contribution < 1.29 is 24.1 Å². The Labute approximate surface area is 182 Å². The number of aliphatic hydroxyl groups is 1. The Morgan fingerprint density at radius 1 is 1.23 bits per heavy atom. The SMILES string of the molecule is Cc1ccc(/C([O-])=C(/C(=S)Nc2ccccc2F)[n+]2cccc(CO)c2)cc1[N+](=O)[O-]. The highest BCUT2D eigenvalue weighted by Gasteiger charge is 2.22. The highest BCUT2D eigenvalue weighted by atomic mass is 32.1. The Bertz CT molecular complexity index is 1200. The van der Waals surface area contributed by atoms with Gasteiger partial charge in [-0.05, 0) is 36.4 Å². The topological polar surface area (TPSA) is 102 Å². The van der Waals surface area contributed by atoms with E-state index in [1.54, 1.807) is 31.3 Å². The van der Waals surface area contributed by atoms with Gasteiger partial charge in [-0.3, -0.25) is 10.1 Å². The minimum Gasteiger partial charge on any atom is -0.867 e. The molecule has 0 spiro atoms.